The predicted octanol–water partition coefficient (Wildman–Crippen LogP) is 5.75. The number of amides is 2. The minimum absolute atomic E-state index is 0.0344. The number of para-hydroxylation sites is 2. The number of hydrogen-bond acceptors (Lipinski definition) is 2. The third-order valence-electron chi connectivity index (χ3n) is 6.40. The summed E-state index contributed by atoms with van der Waals surface area (Å²) in [6.07, 6.45) is 12.8. The Labute approximate surface area is 163 Å². The number of carbonyl (C=O) groups excluding carboxylic acids is 2. The highest BCUT2D eigenvalue weighted by atomic mass is 16.2. The first-order valence-corrected chi connectivity index (χ1v) is 10.9. The first kappa shape index (κ1) is 19.9. The summed E-state index contributed by atoms with van der Waals surface area (Å²) in [5.74, 6) is 1.26. The molecule has 148 valence electrons. The van der Waals surface area contributed by atoms with Crippen molar-refractivity contribution < 1.29 is 9.59 Å². The number of nitrogens with one attached hydrogen (secondary N) is 2. The molecule has 2 aliphatic carbocycles. The van der Waals surface area contributed by atoms with Crippen molar-refractivity contribution in [2.24, 2.45) is 17.8 Å². The number of benzene rings is 1. The highest BCUT2D eigenvalue weighted by molar-refractivity contribution is 6.00. The zero-order chi connectivity index (χ0) is 19.1. The van der Waals surface area contributed by atoms with Gasteiger partial charge in [-0.15, -0.1) is 0 Å². The van der Waals surface area contributed by atoms with Gasteiger partial charge in [0.2, 0.25) is 11.8 Å². The van der Waals surface area contributed by atoms with E-state index in [0.29, 0.717) is 23.9 Å². The van der Waals surface area contributed by atoms with Crippen LogP contribution in [0, 0.1) is 17.8 Å². The second-order valence-corrected chi connectivity index (χ2v) is 8.26. The summed E-state index contributed by atoms with van der Waals surface area (Å²) in [5.41, 5.74) is 1.42. The fraction of sp³-hybridized carbons (Fsp3) is 0.652. The zero-order valence-corrected chi connectivity index (χ0v) is 16.6. The van der Waals surface area contributed by atoms with E-state index in [4.69, 9.17) is 0 Å². The van der Waals surface area contributed by atoms with Gasteiger partial charge in [-0.3, -0.25) is 9.59 Å². The number of anilines is 2. The van der Waals surface area contributed by atoms with Crippen molar-refractivity contribution in [3.8, 4) is 0 Å². The van der Waals surface area contributed by atoms with Gasteiger partial charge >= 0.3 is 0 Å². The van der Waals surface area contributed by atoms with Crippen LogP contribution in [0.5, 0.6) is 0 Å². The monoisotopic (exact) mass is 370 g/mol. The average molecular weight is 371 g/mol. The molecule has 0 aromatic heterocycles. The molecule has 0 aliphatic heterocycles. The normalized spacial score (nSPS) is 19.0. The maximum atomic E-state index is 13.4. The van der Waals surface area contributed by atoms with E-state index in [-0.39, 0.29) is 17.7 Å². The minimum Gasteiger partial charge on any atom is -0.324 e. The largest absolute Gasteiger partial charge is 0.324 e. The van der Waals surface area contributed by atoms with Crippen LogP contribution < -0.4 is 10.6 Å². The van der Waals surface area contributed by atoms with Crippen LogP contribution in [-0.2, 0) is 9.59 Å². The molecule has 1 aromatic rings. The van der Waals surface area contributed by atoms with Gasteiger partial charge in [-0.2, -0.15) is 0 Å². The number of carbonyl (C=O) groups is 2. The standard InChI is InChI=1S/C23H34N2O2/c1-2-21(26)24-19-15-9-10-16-20(19)25-23(27)22(17-11-5-3-6-12-17)18-13-7-4-8-14-18/h9-10,15-18,22H,2-8,11-14H2,1H3,(H,24,26)(H,25,27). The lowest BCUT2D eigenvalue weighted by molar-refractivity contribution is -0.124. The molecule has 2 saturated carbocycles. The number of hydrogen-bond donors (Lipinski definition) is 2. The molecule has 4 nitrogen and oxygen atoms in total. The molecule has 27 heavy (non-hydrogen) atoms. The Morgan fingerprint density at radius 1 is 0.852 bits per heavy atom. The lowest BCUT2D eigenvalue weighted by Gasteiger charge is -2.37. The molecule has 2 amide bonds. The van der Waals surface area contributed by atoms with Gasteiger partial charge in [-0.25, -0.2) is 0 Å². The van der Waals surface area contributed by atoms with Crippen molar-refractivity contribution in [1.29, 1.82) is 0 Å². The van der Waals surface area contributed by atoms with Gasteiger partial charge in [0.05, 0.1) is 11.4 Å². The summed E-state index contributed by atoms with van der Waals surface area (Å²) < 4.78 is 0. The third kappa shape index (κ3) is 5.33. The van der Waals surface area contributed by atoms with Crippen LogP contribution in [0.2, 0.25) is 0 Å². The van der Waals surface area contributed by atoms with Crippen LogP contribution in [0.4, 0.5) is 11.4 Å². The van der Waals surface area contributed by atoms with Crippen LogP contribution in [0.1, 0.15) is 77.6 Å². The van der Waals surface area contributed by atoms with Gasteiger partial charge < -0.3 is 10.6 Å². The first-order valence-electron chi connectivity index (χ1n) is 10.9. The van der Waals surface area contributed by atoms with E-state index in [2.05, 4.69) is 10.6 Å². The molecule has 0 radical (unpaired) electrons. The van der Waals surface area contributed by atoms with Crippen LogP contribution in [0.3, 0.4) is 0 Å². The molecule has 0 bridgehead atoms. The van der Waals surface area contributed by atoms with Crippen molar-refractivity contribution in [2.75, 3.05) is 10.6 Å². The summed E-state index contributed by atoms with van der Waals surface area (Å²) in [6.45, 7) is 1.83. The molecule has 1 aromatic carbocycles. The summed E-state index contributed by atoms with van der Waals surface area (Å²) in [7, 11) is 0. The average Bonchev–Trinajstić information content (AvgIpc) is 2.71. The molecule has 2 N–H and O–H groups in total. The van der Waals surface area contributed by atoms with E-state index in [1.54, 1.807) is 0 Å². The van der Waals surface area contributed by atoms with Crippen molar-refractivity contribution in [1.82, 2.24) is 0 Å². The van der Waals surface area contributed by atoms with E-state index in [9.17, 15) is 9.59 Å². The lowest BCUT2D eigenvalue weighted by atomic mass is 9.69. The van der Waals surface area contributed by atoms with Gasteiger partial charge in [0.1, 0.15) is 0 Å². The first-order chi connectivity index (χ1) is 13.2. The summed E-state index contributed by atoms with van der Waals surface area (Å²) in [6, 6.07) is 7.55. The Kier molecular flexibility index (Phi) is 7.31. The molecule has 0 saturated heterocycles. The van der Waals surface area contributed by atoms with E-state index < -0.39 is 0 Å². The Morgan fingerprint density at radius 3 is 1.81 bits per heavy atom. The van der Waals surface area contributed by atoms with Gasteiger partial charge in [0, 0.05) is 12.3 Å². The predicted molar refractivity (Wildman–Crippen MR) is 111 cm³/mol. The van der Waals surface area contributed by atoms with Crippen molar-refractivity contribution in [3.63, 3.8) is 0 Å². The van der Waals surface area contributed by atoms with E-state index in [1.165, 1.54) is 64.2 Å². The van der Waals surface area contributed by atoms with Crippen molar-refractivity contribution in [3.05, 3.63) is 24.3 Å². The van der Waals surface area contributed by atoms with Crippen LogP contribution in [0.15, 0.2) is 24.3 Å². The van der Waals surface area contributed by atoms with Gasteiger partial charge in [-0.05, 0) is 49.7 Å². The summed E-state index contributed by atoms with van der Waals surface area (Å²) in [4.78, 5) is 25.2. The van der Waals surface area contributed by atoms with E-state index in [0.717, 1.165) is 5.69 Å². The molecule has 2 aliphatic rings. The molecule has 0 heterocycles. The highest BCUT2D eigenvalue weighted by Crippen LogP contribution is 2.40. The second-order valence-electron chi connectivity index (χ2n) is 8.26. The molecular weight excluding hydrogens is 336 g/mol. The maximum absolute atomic E-state index is 13.4. The minimum atomic E-state index is -0.0344. The Morgan fingerprint density at radius 2 is 1.33 bits per heavy atom. The quantitative estimate of drug-likeness (QED) is 0.670. The summed E-state index contributed by atoms with van der Waals surface area (Å²) in [5, 5.41) is 6.09. The Hall–Kier alpha value is -1.84. The molecule has 0 atom stereocenters. The molecule has 0 spiro atoms. The smallest absolute Gasteiger partial charge is 0.228 e. The molecule has 4 heteroatoms. The Balaban J connectivity index is 1.77. The van der Waals surface area contributed by atoms with Crippen molar-refractivity contribution >= 4 is 23.2 Å². The molecule has 0 unspecified atom stereocenters. The molecule has 2 fully saturated rings. The zero-order valence-electron chi connectivity index (χ0n) is 16.6. The van der Waals surface area contributed by atoms with Gasteiger partial charge in [0.25, 0.3) is 0 Å². The third-order valence-corrected chi connectivity index (χ3v) is 6.40. The number of rotatable bonds is 6. The fourth-order valence-corrected chi connectivity index (χ4v) is 4.96. The highest BCUT2D eigenvalue weighted by Gasteiger charge is 2.36. The summed E-state index contributed by atoms with van der Waals surface area (Å²) >= 11 is 0. The van der Waals surface area contributed by atoms with Gasteiger partial charge in [-0.1, -0.05) is 57.6 Å². The Bertz CT molecular complexity index is 613. The van der Waals surface area contributed by atoms with Crippen LogP contribution in [0.25, 0.3) is 0 Å². The van der Waals surface area contributed by atoms with E-state index >= 15 is 0 Å². The fourth-order valence-electron chi connectivity index (χ4n) is 4.96. The second kappa shape index (κ2) is 9.91. The van der Waals surface area contributed by atoms with Crippen LogP contribution in [-0.4, -0.2) is 11.8 Å². The SMILES string of the molecule is CCC(=O)Nc1ccccc1NC(=O)C(C1CCCCC1)C1CCCCC1. The van der Waals surface area contributed by atoms with Crippen molar-refractivity contribution in [2.45, 2.75) is 77.6 Å². The molecular formula is C23H34N2O2. The van der Waals surface area contributed by atoms with Gasteiger partial charge in [0.15, 0.2) is 0 Å². The van der Waals surface area contributed by atoms with E-state index in [1.807, 2.05) is 31.2 Å². The topological polar surface area (TPSA) is 58.2 Å². The maximum Gasteiger partial charge on any atom is 0.228 e. The molecule has 3 rings (SSSR count). The van der Waals surface area contributed by atoms with Crippen LogP contribution >= 0.6 is 0 Å². The lowest BCUT2D eigenvalue weighted by Crippen LogP contribution is -2.37.